The number of aliphatic hydroxyl groups is 2. The second kappa shape index (κ2) is 40.6. The molecule has 0 aromatic heterocycles. The van der Waals surface area contributed by atoms with E-state index in [4.69, 9.17) is 28.4 Å². The minimum Gasteiger partial charge on any atom is -0.457 e. The highest BCUT2D eigenvalue weighted by Gasteiger charge is 2.49. The molecule has 2 aromatic carbocycles. The molecule has 1 aliphatic heterocycles. The van der Waals surface area contributed by atoms with Gasteiger partial charge >= 0.3 is 0 Å². The zero-order valence-electron chi connectivity index (χ0n) is 44.8. The van der Waals surface area contributed by atoms with Gasteiger partial charge in [-0.2, -0.15) is 0 Å². The molecule has 12 heteroatoms. The van der Waals surface area contributed by atoms with Gasteiger partial charge in [0.15, 0.2) is 6.29 Å². The fourth-order valence-electron chi connectivity index (χ4n) is 9.17. The number of carbonyl (C=O) groups is 1. The van der Waals surface area contributed by atoms with E-state index in [0.717, 1.165) is 115 Å². The van der Waals surface area contributed by atoms with Gasteiger partial charge in [0, 0.05) is 26.2 Å². The first-order chi connectivity index (χ1) is 34.7. The van der Waals surface area contributed by atoms with E-state index in [9.17, 15) is 23.8 Å². The molecule has 2 aromatic rings. The average Bonchev–Trinajstić information content (AvgIpc) is 3.37. The summed E-state index contributed by atoms with van der Waals surface area (Å²) in [5.74, 6) is 0.839. The van der Waals surface area contributed by atoms with Gasteiger partial charge in [-0.15, -0.1) is 0 Å². The van der Waals surface area contributed by atoms with Crippen LogP contribution in [0, 0.1) is 5.82 Å². The molecule has 0 bridgehead atoms. The van der Waals surface area contributed by atoms with Crippen molar-refractivity contribution in [1.29, 1.82) is 0 Å². The molecule has 0 aliphatic carbocycles. The van der Waals surface area contributed by atoms with Crippen LogP contribution in [-0.4, -0.2) is 98.2 Å². The summed E-state index contributed by atoms with van der Waals surface area (Å²) in [5, 5.41) is 26.0. The lowest BCUT2D eigenvalue weighted by Gasteiger charge is -2.45. The first-order valence-corrected chi connectivity index (χ1v) is 28.6. The number of halogens is 2. The molecule has 408 valence electrons. The van der Waals surface area contributed by atoms with Gasteiger partial charge in [-0.1, -0.05) is 175 Å². The molecule has 71 heavy (non-hydrogen) atoms. The topological polar surface area (TPSA) is 125 Å². The Morgan fingerprint density at radius 1 is 0.577 bits per heavy atom. The number of aryl methyl sites for hydroxylation is 1. The zero-order chi connectivity index (χ0) is 51.2. The van der Waals surface area contributed by atoms with Crippen molar-refractivity contribution in [1.82, 2.24) is 5.32 Å². The summed E-state index contributed by atoms with van der Waals surface area (Å²) >= 11 is 0. The summed E-state index contributed by atoms with van der Waals surface area (Å²) in [6.45, 7) is 8.84. The highest BCUT2D eigenvalue weighted by Crippen LogP contribution is 2.31. The maximum Gasteiger partial charge on any atom is 0.220 e. The molecule has 10 nitrogen and oxygen atoms in total. The first kappa shape index (κ1) is 62.6. The van der Waals surface area contributed by atoms with E-state index in [1.165, 1.54) is 75.5 Å². The van der Waals surface area contributed by atoms with Gasteiger partial charge in [-0.3, -0.25) is 4.79 Å². The molecular weight excluding hydrogens is 905 g/mol. The highest BCUT2D eigenvalue weighted by molar-refractivity contribution is 5.76. The number of nitrogens with one attached hydrogen (secondary N) is 1. The van der Waals surface area contributed by atoms with Crippen LogP contribution < -0.4 is 10.1 Å². The van der Waals surface area contributed by atoms with Crippen molar-refractivity contribution >= 4 is 5.91 Å². The molecule has 1 aliphatic rings. The number of hydrogen-bond donors (Lipinski definition) is 3. The van der Waals surface area contributed by atoms with Crippen LogP contribution >= 0.6 is 0 Å². The Balaban J connectivity index is 1.51. The summed E-state index contributed by atoms with van der Waals surface area (Å²) in [5.41, 5.74) is 1.26. The lowest BCUT2D eigenvalue weighted by molar-refractivity contribution is -0.321. The van der Waals surface area contributed by atoms with Crippen molar-refractivity contribution in [2.75, 3.05) is 33.1 Å². The van der Waals surface area contributed by atoms with Gasteiger partial charge < -0.3 is 44.0 Å². The smallest absolute Gasteiger partial charge is 0.220 e. The summed E-state index contributed by atoms with van der Waals surface area (Å²) in [4.78, 5) is 13.5. The average molecular weight is 1000 g/mol. The van der Waals surface area contributed by atoms with Gasteiger partial charge in [-0.05, 0) is 86.9 Å². The molecule has 1 heterocycles. The van der Waals surface area contributed by atoms with Crippen LogP contribution in [0.1, 0.15) is 213 Å². The van der Waals surface area contributed by atoms with Crippen molar-refractivity contribution in [3.8, 4) is 11.5 Å². The number of carbonyl (C=O) groups excluding carboxylic acids is 1. The third kappa shape index (κ3) is 27.4. The molecule has 3 rings (SSSR count). The maximum absolute atomic E-state index is 14.8. The lowest BCUT2D eigenvalue weighted by Crippen LogP contribution is -2.62. The van der Waals surface area contributed by atoms with Crippen LogP contribution in [0.5, 0.6) is 11.5 Å². The van der Waals surface area contributed by atoms with Crippen LogP contribution in [0.15, 0.2) is 48.5 Å². The number of aliphatic hydroxyl groups excluding tert-OH is 2. The fraction of sp³-hybridized carbons (Fsp3) is 0.780. The van der Waals surface area contributed by atoms with E-state index in [2.05, 4.69) is 45.1 Å². The normalized spacial score (nSPS) is 19.4. The summed E-state index contributed by atoms with van der Waals surface area (Å²) in [6, 6.07) is 13.2. The number of hydrogen-bond acceptors (Lipinski definition) is 9. The van der Waals surface area contributed by atoms with Crippen molar-refractivity contribution in [3.05, 3.63) is 59.9 Å². The van der Waals surface area contributed by atoms with Gasteiger partial charge in [0.25, 0.3) is 0 Å². The minimum atomic E-state index is -1.28. The Bertz CT molecular complexity index is 1550. The Hall–Kier alpha value is -2.71. The number of amides is 1. The van der Waals surface area contributed by atoms with Crippen LogP contribution in [0.25, 0.3) is 0 Å². The van der Waals surface area contributed by atoms with Gasteiger partial charge in [-0.25, -0.2) is 8.78 Å². The molecule has 0 spiro atoms. The van der Waals surface area contributed by atoms with E-state index in [-0.39, 0.29) is 18.3 Å². The van der Waals surface area contributed by atoms with Gasteiger partial charge in [0.05, 0.1) is 18.8 Å². The first-order valence-electron chi connectivity index (χ1n) is 28.6. The van der Waals surface area contributed by atoms with Crippen LogP contribution in [-0.2, 0) is 34.9 Å². The molecular formula is C59H99F2NO9. The van der Waals surface area contributed by atoms with Crippen molar-refractivity contribution in [2.24, 2.45) is 0 Å². The van der Waals surface area contributed by atoms with Crippen molar-refractivity contribution in [3.63, 3.8) is 0 Å². The lowest BCUT2D eigenvalue weighted by atomic mass is 9.97. The van der Waals surface area contributed by atoms with E-state index >= 15 is 0 Å². The largest absolute Gasteiger partial charge is 0.457 e. The van der Waals surface area contributed by atoms with E-state index in [1.807, 2.05) is 12.1 Å². The van der Waals surface area contributed by atoms with E-state index < -0.39 is 55.6 Å². The van der Waals surface area contributed by atoms with Gasteiger partial charge in [0.2, 0.25) is 5.91 Å². The van der Waals surface area contributed by atoms with Crippen LogP contribution in [0.3, 0.4) is 0 Å². The van der Waals surface area contributed by atoms with E-state index in [0.29, 0.717) is 44.8 Å². The number of rotatable bonds is 45. The Kier molecular flexibility index (Phi) is 35.8. The van der Waals surface area contributed by atoms with Crippen LogP contribution in [0.2, 0.25) is 0 Å². The second-order valence-corrected chi connectivity index (χ2v) is 20.0. The molecule has 2 unspecified atom stereocenters. The van der Waals surface area contributed by atoms with Crippen LogP contribution in [0.4, 0.5) is 8.78 Å². The van der Waals surface area contributed by atoms with Gasteiger partial charge in [0.1, 0.15) is 54.5 Å². The maximum atomic E-state index is 14.8. The third-order valence-electron chi connectivity index (χ3n) is 13.7. The molecule has 1 saturated heterocycles. The predicted octanol–water partition coefficient (Wildman–Crippen LogP) is 14.2. The second-order valence-electron chi connectivity index (χ2n) is 20.0. The number of ether oxygens (including phenoxy) is 6. The fourth-order valence-corrected chi connectivity index (χ4v) is 9.17. The monoisotopic (exact) mass is 1000 g/mol. The van der Waals surface area contributed by atoms with Crippen molar-refractivity contribution in [2.45, 2.75) is 263 Å². The summed E-state index contributed by atoms with van der Waals surface area (Å²) in [6.07, 6.45) is 23.2. The predicted molar refractivity (Wildman–Crippen MR) is 282 cm³/mol. The molecule has 0 radical (unpaired) electrons. The Labute approximate surface area is 429 Å². The molecule has 8 atom stereocenters. The summed E-state index contributed by atoms with van der Waals surface area (Å²) in [7, 11) is 0. The number of unbranched alkanes of at least 4 members (excludes halogenated alkanes) is 21. The molecule has 3 N–H and O–H groups in total. The van der Waals surface area contributed by atoms with Crippen molar-refractivity contribution < 1.29 is 52.2 Å². The molecule has 1 fully saturated rings. The van der Waals surface area contributed by atoms with E-state index in [1.54, 1.807) is 12.1 Å². The molecule has 0 saturated carbocycles. The summed E-state index contributed by atoms with van der Waals surface area (Å²) < 4.78 is 65.6. The highest BCUT2D eigenvalue weighted by atomic mass is 19.1. The Morgan fingerprint density at radius 2 is 1.04 bits per heavy atom. The Morgan fingerprint density at radius 3 is 1.58 bits per heavy atom. The SMILES string of the molecule is CCCCCCCCCCCCCC[C@@H](O)[C@@H](O)[C@H](CO[C@H]1OC(CF)[C@@H](OCCCC)[C@H](OCCCC)C1OCCCC)NC(=O)CCCCCCCCCCc1ccc(Oc2ccc(F)cc2)cc1. The number of alkyl halides is 1. The third-order valence-corrected chi connectivity index (χ3v) is 13.7. The zero-order valence-corrected chi connectivity index (χ0v) is 44.8. The number of benzene rings is 2. The standard InChI is InChI=1S/C59H99F2NO9/c1-5-9-13-14-15-16-17-18-19-23-26-29-32-52(63)55(65)51(46-69-59-58(68-44-12-8-4)57(67-43-11-7-3)56(53(45-60)71-59)66-42-10-6-2)62-54(64)33-30-27-24-21-20-22-25-28-31-47-34-38-49(39-35-47)70-50-40-36-48(61)37-41-50/h34-41,51-53,55-59,63,65H,5-33,42-46H2,1-4H3,(H,62,64)/t51-,52+,53?,55-,56+,57-,58?,59-/m0/s1. The minimum absolute atomic E-state index is 0.167. The molecule has 1 amide bonds. The quantitative estimate of drug-likeness (QED) is 0.0556.